The van der Waals surface area contributed by atoms with Gasteiger partial charge in [0.2, 0.25) is 0 Å². The van der Waals surface area contributed by atoms with Crippen LogP contribution in [-0.4, -0.2) is 13.2 Å². The van der Waals surface area contributed by atoms with Crippen LogP contribution in [0.3, 0.4) is 0 Å². The Morgan fingerprint density at radius 1 is 1.29 bits per heavy atom. The van der Waals surface area contributed by atoms with E-state index in [1.165, 1.54) is 24.0 Å². The topological polar surface area (TPSA) is 34.4 Å². The van der Waals surface area contributed by atoms with E-state index in [-0.39, 0.29) is 0 Å². The van der Waals surface area contributed by atoms with Gasteiger partial charge in [-0.1, -0.05) is 6.07 Å². The first-order chi connectivity index (χ1) is 10.3. The van der Waals surface area contributed by atoms with Crippen LogP contribution in [0, 0.1) is 0 Å². The van der Waals surface area contributed by atoms with Crippen LogP contribution in [0.15, 0.2) is 41.0 Å². The fourth-order valence-corrected chi connectivity index (χ4v) is 3.17. The summed E-state index contributed by atoms with van der Waals surface area (Å²) in [4.78, 5) is 0. The number of benzene rings is 1. The fourth-order valence-electron chi connectivity index (χ4n) is 2.26. The summed E-state index contributed by atoms with van der Waals surface area (Å²) in [5.41, 5.74) is 2.58. The molecule has 1 aromatic heterocycles. The van der Waals surface area contributed by atoms with E-state index in [1.54, 1.807) is 13.4 Å². The molecule has 1 saturated carbocycles. The van der Waals surface area contributed by atoms with E-state index in [9.17, 15) is 0 Å². The molecule has 0 bridgehead atoms. The van der Waals surface area contributed by atoms with Crippen molar-refractivity contribution in [2.45, 2.75) is 36.9 Å². The number of nitrogens with one attached hydrogen (secondary N) is 1. The van der Waals surface area contributed by atoms with Gasteiger partial charge in [0.25, 0.3) is 0 Å². The molecule has 1 heterocycles. The van der Waals surface area contributed by atoms with Gasteiger partial charge < -0.3 is 14.5 Å². The summed E-state index contributed by atoms with van der Waals surface area (Å²) in [5.74, 6) is 3.81. The highest BCUT2D eigenvalue weighted by Gasteiger charge is 2.20. The SMILES string of the molecule is COc1ccc(CNC2CC2)cc1CSCc1ccco1. The average Bonchev–Trinajstić information content (AvgIpc) is 3.20. The van der Waals surface area contributed by atoms with Crippen molar-refractivity contribution in [2.24, 2.45) is 0 Å². The lowest BCUT2D eigenvalue weighted by Gasteiger charge is -2.11. The number of furan rings is 1. The van der Waals surface area contributed by atoms with E-state index in [1.807, 2.05) is 23.9 Å². The molecule has 0 saturated heterocycles. The first kappa shape index (κ1) is 14.5. The summed E-state index contributed by atoms with van der Waals surface area (Å²) in [6, 6.07) is 11.2. The largest absolute Gasteiger partial charge is 0.496 e. The molecule has 3 nitrogen and oxygen atoms in total. The molecular formula is C17H21NO2S. The molecule has 0 spiro atoms. The Bertz CT molecular complexity index is 564. The monoisotopic (exact) mass is 303 g/mol. The lowest BCUT2D eigenvalue weighted by Crippen LogP contribution is -2.15. The van der Waals surface area contributed by atoms with Gasteiger partial charge in [-0.05, 0) is 42.7 Å². The lowest BCUT2D eigenvalue weighted by molar-refractivity contribution is 0.411. The van der Waals surface area contributed by atoms with Gasteiger partial charge in [-0.15, -0.1) is 11.8 Å². The van der Waals surface area contributed by atoms with Crippen molar-refractivity contribution in [1.82, 2.24) is 5.32 Å². The smallest absolute Gasteiger partial charge is 0.122 e. The zero-order valence-electron chi connectivity index (χ0n) is 12.3. The minimum Gasteiger partial charge on any atom is -0.496 e. The zero-order chi connectivity index (χ0) is 14.5. The van der Waals surface area contributed by atoms with Crippen molar-refractivity contribution >= 4 is 11.8 Å². The summed E-state index contributed by atoms with van der Waals surface area (Å²) >= 11 is 1.84. The third-order valence-corrected chi connectivity index (χ3v) is 4.60. The Kier molecular flexibility index (Phi) is 4.88. The van der Waals surface area contributed by atoms with E-state index < -0.39 is 0 Å². The summed E-state index contributed by atoms with van der Waals surface area (Å²) < 4.78 is 10.8. The Labute approximate surface area is 130 Å². The van der Waals surface area contributed by atoms with Gasteiger partial charge in [0.05, 0.1) is 19.1 Å². The lowest BCUT2D eigenvalue weighted by atomic mass is 10.1. The predicted molar refractivity (Wildman–Crippen MR) is 86.6 cm³/mol. The van der Waals surface area contributed by atoms with Crippen molar-refractivity contribution in [2.75, 3.05) is 7.11 Å². The minimum atomic E-state index is 0.740. The molecule has 0 amide bonds. The molecular weight excluding hydrogens is 282 g/mol. The van der Waals surface area contributed by atoms with Crippen molar-refractivity contribution in [3.05, 3.63) is 53.5 Å². The van der Waals surface area contributed by atoms with E-state index in [0.29, 0.717) is 0 Å². The number of rotatable bonds is 8. The molecule has 4 heteroatoms. The molecule has 1 aromatic carbocycles. The minimum absolute atomic E-state index is 0.740. The van der Waals surface area contributed by atoms with E-state index in [2.05, 4.69) is 23.5 Å². The Balaban J connectivity index is 1.58. The molecule has 0 radical (unpaired) electrons. The third-order valence-electron chi connectivity index (χ3n) is 3.60. The first-order valence-corrected chi connectivity index (χ1v) is 8.50. The van der Waals surface area contributed by atoms with Gasteiger partial charge in [-0.2, -0.15) is 0 Å². The predicted octanol–water partition coefficient (Wildman–Crippen LogP) is 3.97. The average molecular weight is 303 g/mol. The summed E-state index contributed by atoms with van der Waals surface area (Å²) in [6.07, 6.45) is 4.37. The molecule has 3 rings (SSSR count). The van der Waals surface area contributed by atoms with E-state index >= 15 is 0 Å². The number of hydrogen-bond acceptors (Lipinski definition) is 4. The second-order valence-corrected chi connectivity index (χ2v) is 6.36. The van der Waals surface area contributed by atoms with E-state index in [4.69, 9.17) is 9.15 Å². The second-order valence-electron chi connectivity index (χ2n) is 5.37. The molecule has 21 heavy (non-hydrogen) atoms. The van der Waals surface area contributed by atoms with E-state index in [0.717, 1.165) is 35.6 Å². The summed E-state index contributed by atoms with van der Waals surface area (Å²) in [5, 5.41) is 3.55. The molecule has 1 fully saturated rings. The van der Waals surface area contributed by atoms with Crippen LogP contribution in [0.4, 0.5) is 0 Å². The molecule has 0 aliphatic heterocycles. The maximum Gasteiger partial charge on any atom is 0.122 e. The standard InChI is InChI=1S/C17H21NO2S/c1-19-17-7-4-13(10-18-15-5-6-15)9-14(17)11-21-12-16-3-2-8-20-16/h2-4,7-9,15,18H,5-6,10-12H2,1H3. The highest BCUT2D eigenvalue weighted by Crippen LogP contribution is 2.27. The highest BCUT2D eigenvalue weighted by molar-refractivity contribution is 7.97. The fraction of sp³-hybridized carbons (Fsp3) is 0.412. The molecule has 0 unspecified atom stereocenters. The van der Waals surface area contributed by atoms with Gasteiger partial charge in [0.1, 0.15) is 11.5 Å². The third kappa shape index (κ3) is 4.29. The Hall–Kier alpha value is -1.39. The molecule has 1 aliphatic rings. The van der Waals surface area contributed by atoms with Crippen LogP contribution in [-0.2, 0) is 18.1 Å². The first-order valence-electron chi connectivity index (χ1n) is 7.34. The number of hydrogen-bond donors (Lipinski definition) is 1. The molecule has 1 aliphatic carbocycles. The van der Waals surface area contributed by atoms with Crippen LogP contribution < -0.4 is 10.1 Å². The zero-order valence-corrected chi connectivity index (χ0v) is 13.1. The Morgan fingerprint density at radius 3 is 2.90 bits per heavy atom. The number of thioether (sulfide) groups is 1. The van der Waals surface area contributed by atoms with Crippen molar-refractivity contribution < 1.29 is 9.15 Å². The van der Waals surface area contributed by atoms with Crippen molar-refractivity contribution in [1.29, 1.82) is 0 Å². The van der Waals surface area contributed by atoms with Crippen molar-refractivity contribution in [3.8, 4) is 5.75 Å². The number of methoxy groups -OCH3 is 1. The second kappa shape index (κ2) is 7.05. The maximum atomic E-state index is 5.47. The van der Waals surface area contributed by atoms with Crippen LogP contribution in [0.25, 0.3) is 0 Å². The quantitative estimate of drug-likeness (QED) is 0.800. The van der Waals surface area contributed by atoms with Crippen LogP contribution in [0.2, 0.25) is 0 Å². The normalized spacial score (nSPS) is 14.3. The maximum absolute atomic E-state index is 5.47. The van der Waals surface area contributed by atoms with Crippen molar-refractivity contribution in [3.63, 3.8) is 0 Å². The molecule has 0 atom stereocenters. The van der Waals surface area contributed by atoms with Crippen LogP contribution in [0.1, 0.15) is 29.7 Å². The van der Waals surface area contributed by atoms with Gasteiger partial charge >= 0.3 is 0 Å². The van der Waals surface area contributed by atoms with Gasteiger partial charge in [-0.3, -0.25) is 0 Å². The summed E-state index contributed by atoms with van der Waals surface area (Å²) in [6.45, 7) is 0.949. The molecule has 2 aromatic rings. The number of ether oxygens (including phenoxy) is 1. The van der Waals surface area contributed by atoms with Gasteiger partial charge in [0, 0.05) is 23.9 Å². The van der Waals surface area contributed by atoms with Crippen LogP contribution >= 0.6 is 11.8 Å². The van der Waals surface area contributed by atoms with Gasteiger partial charge in [0.15, 0.2) is 0 Å². The Morgan fingerprint density at radius 2 is 2.19 bits per heavy atom. The highest BCUT2D eigenvalue weighted by atomic mass is 32.2. The molecule has 112 valence electrons. The molecule has 1 N–H and O–H groups in total. The van der Waals surface area contributed by atoms with Crippen LogP contribution in [0.5, 0.6) is 5.75 Å². The summed E-state index contributed by atoms with van der Waals surface area (Å²) in [7, 11) is 1.73. The van der Waals surface area contributed by atoms with Gasteiger partial charge in [-0.25, -0.2) is 0 Å².